The van der Waals surface area contributed by atoms with Crippen LogP contribution in [0.2, 0.25) is 5.02 Å². The summed E-state index contributed by atoms with van der Waals surface area (Å²) in [6.45, 7) is 1.57. The average molecular weight is 384 g/mol. The normalized spacial score (nSPS) is 17.3. The number of benzene rings is 1. The first-order valence-corrected chi connectivity index (χ1v) is 9.69. The highest BCUT2D eigenvalue weighted by molar-refractivity contribution is 7.89. The van der Waals surface area contributed by atoms with Crippen LogP contribution < -0.4 is 4.72 Å². The summed E-state index contributed by atoms with van der Waals surface area (Å²) in [4.78, 5) is 11.0. The van der Waals surface area contributed by atoms with E-state index in [1.807, 2.05) is 0 Å². The van der Waals surface area contributed by atoms with Gasteiger partial charge in [-0.2, -0.15) is 5.10 Å². The second kappa shape index (κ2) is 6.78. The number of hydrogen-bond donors (Lipinski definition) is 2. The van der Waals surface area contributed by atoms with E-state index in [9.17, 15) is 13.2 Å². The number of halogens is 1. The highest BCUT2D eigenvalue weighted by Crippen LogP contribution is 2.31. The molecule has 0 spiro atoms. The van der Waals surface area contributed by atoms with Crippen LogP contribution in [-0.4, -0.2) is 29.3 Å². The van der Waals surface area contributed by atoms with E-state index < -0.39 is 22.0 Å². The molecule has 2 aromatic rings. The minimum absolute atomic E-state index is 0.105. The number of nitrogens with zero attached hydrogens (tertiary/aromatic N) is 2. The van der Waals surface area contributed by atoms with Crippen molar-refractivity contribution in [2.24, 2.45) is 0 Å². The van der Waals surface area contributed by atoms with E-state index >= 15 is 0 Å². The summed E-state index contributed by atoms with van der Waals surface area (Å²) in [5, 5.41) is 13.4. The number of fused-ring (bicyclic) bond motifs is 1. The summed E-state index contributed by atoms with van der Waals surface area (Å²) in [7, 11) is -3.74. The molecular formula is C16H18ClN3O4S. The van der Waals surface area contributed by atoms with Crippen LogP contribution in [0.3, 0.4) is 0 Å². The lowest BCUT2D eigenvalue weighted by molar-refractivity contribution is -0.137. The molecular weight excluding hydrogens is 366 g/mol. The molecule has 0 radical (unpaired) electrons. The maximum Gasteiger partial charge on any atom is 0.325 e. The fourth-order valence-electron chi connectivity index (χ4n) is 3.00. The zero-order valence-electron chi connectivity index (χ0n) is 13.6. The predicted molar refractivity (Wildman–Crippen MR) is 92.1 cm³/mol. The number of carbonyl (C=O) groups is 1. The summed E-state index contributed by atoms with van der Waals surface area (Å²) in [5.74, 6) is -0.983. The van der Waals surface area contributed by atoms with Crippen molar-refractivity contribution >= 4 is 27.6 Å². The Morgan fingerprint density at radius 3 is 2.92 bits per heavy atom. The zero-order chi connectivity index (χ0) is 18.2. The molecule has 1 unspecified atom stereocenters. The number of nitrogens with one attached hydrogen (secondary N) is 1. The summed E-state index contributed by atoms with van der Waals surface area (Å²) < 4.78 is 29.4. The van der Waals surface area contributed by atoms with Gasteiger partial charge in [-0.15, -0.1) is 0 Å². The molecule has 0 saturated carbocycles. The number of aliphatic carboxylic acids is 1. The van der Waals surface area contributed by atoms with Crippen LogP contribution in [0.1, 0.15) is 35.7 Å². The number of sulfonamides is 1. The first-order chi connectivity index (χ1) is 11.8. The molecule has 1 aliphatic carbocycles. The van der Waals surface area contributed by atoms with Crippen LogP contribution in [0.5, 0.6) is 0 Å². The average Bonchev–Trinajstić information content (AvgIpc) is 2.93. The molecule has 2 N–H and O–H groups in total. The van der Waals surface area contributed by atoms with Gasteiger partial charge in [0, 0.05) is 16.3 Å². The van der Waals surface area contributed by atoms with Gasteiger partial charge in [-0.25, -0.2) is 13.1 Å². The summed E-state index contributed by atoms with van der Waals surface area (Å²) >= 11 is 6.03. The molecule has 3 rings (SSSR count). The van der Waals surface area contributed by atoms with E-state index in [1.54, 1.807) is 19.2 Å². The minimum Gasteiger partial charge on any atom is -0.480 e. The molecule has 1 aromatic heterocycles. The third-order valence-corrected chi connectivity index (χ3v) is 6.18. The number of rotatable bonds is 5. The third kappa shape index (κ3) is 3.70. The lowest BCUT2D eigenvalue weighted by atomic mass is 9.94. The molecule has 1 aliphatic rings. The van der Waals surface area contributed by atoms with Crippen molar-refractivity contribution in [1.29, 1.82) is 0 Å². The molecule has 0 amide bonds. The van der Waals surface area contributed by atoms with Crippen molar-refractivity contribution in [3.8, 4) is 0 Å². The van der Waals surface area contributed by atoms with Crippen molar-refractivity contribution in [2.75, 3.05) is 0 Å². The maximum atomic E-state index is 12.7. The highest BCUT2D eigenvalue weighted by atomic mass is 35.5. The van der Waals surface area contributed by atoms with Crippen LogP contribution in [-0.2, 0) is 27.8 Å². The molecule has 0 aliphatic heterocycles. The molecule has 0 bridgehead atoms. The van der Waals surface area contributed by atoms with Gasteiger partial charge in [0.15, 0.2) is 0 Å². The predicted octanol–water partition coefficient (Wildman–Crippen LogP) is 2.29. The van der Waals surface area contributed by atoms with Crippen molar-refractivity contribution in [1.82, 2.24) is 14.5 Å². The molecule has 0 saturated heterocycles. The van der Waals surface area contributed by atoms with Crippen molar-refractivity contribution in [2.45, 2.75) is 43.7 Å². The number of hydrogen-bond acceptors (Lipinski definition) is 4. The third-order valence-electron chi connectivity index (χ3n) is 4.30. The quantitative estimate of drug-likeness (QED) is 0.824. The Kier molecular flexibility index (Phi) is 4.86. The smallest absolute Gasteiger partial charge is 0.325 e. The SMILES string of the molecule is Cc1ccc(S(=O)(=O)NC2CCCc3c2cnn3CC(=O)O)cc1Cl. The molecule has 25 heavy (non-hydrogen) atoms. The van der Waals surface area contributed by atoms with E-state index in [2.05, 4.69) is 9.82 Å². The molecule has 1 heterocycles. The van der Waals surface area contributed by atoms with E-state index in [1.165, 1.54) is 16.8 Å². The molecule has 0 fully saturated rings. The van der Waals surface area contributed by atoms with Gasteiger partial charge < -0.3 is 5.11 Å². The molecule has 7 nitrogen and oxygen atoms in total. The fraction of sp³-hybridized carbons (Fsp3) is 0.375. The van der Waals surface area contributed by atoms with Crippen LogP contribution >= 0.6 is 11.6 Å². The monoisotopic (exact) mass is 383 g/mol. The lowest BCUT2D eigenvalue weighted by Crippen LogP contribution is -2.31. The van der Waals surface area contributed by atoms with E-state index in [0.717, 1.165) is 23.2 Å². The molecule has 1 atom stereocenters. The van der Waals surface area contributed by atoms with Crippen LogP contribution in [0.15, 0.2) is 29.3 Å². The summed E-state index contributed by atoms with van der Waals surface area (Å²) in [5.41, 5.74) is 2.30. The van der Waals surface area contributed by atoms with Crippen molar-refractivity contribution in [3.05, 3.63) is 46.2 Å². The fourth-order valence-corrected chi connectivity index (χ4v) is 4.52. The Morgan fingerprint density at radius 2 is 2.24 bits per heavy atom. The van der Waals surface area contributed by atoms with Gasteiger partial charge in [-0.05, 0) is 43.9 Å². The maximum absolute atomic E-state index is 12.7. The van der Waals surface area contributed by atoms with Crippen LogP contribution in [0.4, 0.5) is 0 Å². The first-order valence-electron chi connectivity index (χ1n) is 7.83. The second-order valence-corrected chi connectivity index (χ2v) is 8.20. The van der Waals surface area contributed by atoms with E-state index in [-0.39, 0.29) is 11.4 Å². The van der Waals surface area contributed by atoms with Gasteiger partial charge in [0.05, 0.1) is 17.1 Å². The minimum atomic E-state index is -3.74. The Labute approximate surface area is 150 Å². The Hall–Kier alpha value is -1.90. The van der Waals surface area contributed by atoms with Gasteiger partial charge in [-0.1, -0.05) is 17.7 Å². The number of aromatic nitrogens is 2. The molecule has 1 aromatic carbocycles. The zero-order valence-corrected chi connectivity index (χ0v) is 15.1. The number of carboxylic acid groups (broad SMARTS) is 1. The van der Waals surface area contributed by atoms with Gasteiger partial charge in [0.1, 0.15) is 6.54 Å². The first kappa shape index (κ1) is 17.9. The van der Waals surface area contributed by atoms with Gasteiger partial charge in [-0.3, -0.25) is 9.48 Å². The lowest BCUT2D eigenvalue weighted by Gasteiger charge is -2.24. The Morgan fingerprint density at radius 1 is 1.48 bits per heavy atom. The standard InChI is InChI=1S/C16H18ClN3O4S/c1-10-5-6-11(7-13(10)17)25(23,24)19-14-3-2-4-15-12(14)8-18-20(15)9-16(21)22/h5-8,14,19H,2-4,9H2,1H3,(H,21,22). The highest BCUT2D eigenvalue weighted by Gasteiger charge is 2.29. The molecule has 9 heteroatoms. The number of aryl methyl sites for hydroxylation is 1. The Balaban J connectivity index is 1.88. The van der Waals surface area contributed by atoms with Crippen LogP contribution in [0.25, 0.3) is 0 Å². The van der Waals surface area contributed by atoms with Crippen molar-refractivity contribution in [3.63, 3.8) is 0 Å². The summed E-state index contributed by atoms with van der Waals surface area (Å²) in [6.07, 6.45) is 3.61. The second-order valence-electron chi connectivity index (χ2n) is 6.08. The summed E-state index contributed by atoms with van der Waals surface area (Å²) in [6, 6.07) is 4.17. The van der Waals surface area contributed by atoms with Crippen molar-refractivity contribution < 1.29 is 18.3 Å². The van der Waals surface area contributed by atoms with Gasteiger partial charge in [0.2, 0.25) is 10.0 Å². The van der Waals surface area contributed by atoms with Crippen LogP contribution in [0, 0.1) is 6.92 Å². The number of carboxylic acids is 1. The Bertz CT molecular complexity index is 923. The van der Waals surface area contributed by atoms with Gasteiger partial charge in [0.25, 0.3) is 0 Å². The van der Waals surface area contributed by atoms with E-state index in [0.29, 0.717) is 17.9 Å². The van der Waals surface area contributed by atoms with Gasteiger partial charge >= 0.3 is 5.97 Å². The largest absolute Gasteiger partial charge is 0.480 e. The van der Waals surface area contributed by atoms with E-state index in [4.69, 9.17) is 16.7 Å². The topological polar surface area (TPSA) is 101 Å². The molecule has 134 valence electrons.